The Hall–Kier alpha value is -1.22. The van der Waals surface area contributed by atoms with Crippen molar-refractivity contribution in [2.24, 2.45) is 11.8 Å². The highest BCUT2D eigenvalue weighted by Crippen LogP contribution is 2.12. The minimum absolute atomic E-state index is 0.291. The van der Waals surface area contributed by atoms with E-state index in [2.05, 4.69) is 50.5 Å². The summed E-state index contributed by atoms with van der Waals surface area (Å²) in [6.45, 7) is 10.1. The van der Waals surface area contributed by atoms with E-state index in [0.29, 0.717) is 11.8 Å². The SMILES string of the molecule is C=CC(C)C(C#CC=CCCC)C=CC. The third-order valence-corrected chi connectivity index (χ3v) is 2.24. The van der Waals surface area contributed by atoms with Gasteiger partial charge in [-0.3, -0.25) is 0 Å². The minimum atomic E-state index is 0.291. The molecule has 15 heavy (non-hydrogen) atoms. The van der Waals surface area contributed by atoms with Gasteiger partial charge in [-0.05, 0) is 25.3 Å². The highest BCUT2D eigenvalue weighted by molar-refractivity contribution is 5.21. The van der Waals surface area contributed by atoms with E-state index in [-0.39, 0.29) is 0 Å². The normalized spacial score (nSPS) is 14.9. The lowest BCUT2D eigenvalue weighted by Gasteiger charge is -2.09. The summed E-state index contributed by atoms with van der Waals surface area (Å²) in [4.78, 5) is 0. The summed E-state index contributed by atoms with van der Waals surface area (Å²) in [5.74, 6) is 7.03. The van der Waals surface area contributed by atoms with Gasteiger partial charge in [-0.25, -0.2) is 0 Å². The van der Waals surface area contributed by atoms with Crippen LogP contribution in [0.4, 0.5) is 0 Å². The lowest BCUT2D eigenvalue weighted by atomic mass is 9.94. The Kier molecular flexibility index (Phi) is 8.58. The van der Waals surface area contributed by atoms with Gasteiger partial charge in [0.05, 0.1) is 0 Å². The fourth-order valence-corrected chi connectivity index (χ4v) is 1.16. The Morgan fingerprint density at radius 2 is 2.13 bits per heavy atom. The van der Waals surface area contributed by atoms with Crippen LogP contribution in [0.5, 0.6) is 0 Å². The summed E-state index contributed by atoms with van der Waals surface area (Å²) < 4.78 is 0. The number of hydrogen-bond acceptors (Lipinski definition) is 0. The Morgan fingerprint density at radius 1 is 1.40 bits per heavy atom. The van der Waals surface area contributed by atoms with Crippen LogP contribution < -0.4 is 0 Å². The first-order valence-electron chi connectivity index (χ1n) is 5.67. The van der Waals surface area contributed by atoms with Gasteiger partial charge in [0.2, 0.25) is 0 Å². The molecule has 0 heteroatoms. The average Bonchev–Trinajstić information content (AvgIpc) is 2.26. The van der Waals surface area contributed by atoms with Crippen molar-refractivity contribution >= 4 is 0 Å². The Labute approximate surface area is 94.8 Å². The summed E-state index contributed by atoms with van der Waals surface area (Å²) in [6, 6.07) is 0. The van der Waals surface area contributed by atoms with Gasteiger partial charge in [0, 0.05) is 5.92 Å². The molecule has 0 aromatic heterocycles. The monoisotopic (exact) mass is 202 g/mol. The van der Waals surface area contributed by atoms with E-state index in [1.54, 1.807) is 0 Å². The van der Waals surface area contributed by atoms with Crippen molar-refractivity contribution in [2.75, 3.05) is 0 Å². The molecular formula is C15H22. The number of unbranched alkanes of at least 4 members (excludes halogenated alkanes) is 1. The highest BCUT2D eigenvalue weighted by Gasteiger charge is 2.06. The lowest BCUT2D eigenvalue weighted by Crippen LogP contribution is -2.03. The zero-order chi connectivity index (χ0) is 11.5. The molecule has 0 spiro atoms. The maximum Gasteiger partial charge on any atom is 0.0446 e. The quantitative estimate of drug-likeness (QED) is 0.459. The molecule has 0 aliphatic heterocycles. The average molecular weight is 202 g/mol. The van der Waals surface area contributed by atoms with Gasteiger partial charge in [0.25, 0.3) is 0 Å². The van der Waals surface area contributed by atoms with E-state index >= 15 is 0 Å². The largest absolute Gasteiger partial charge is 0.103 e. The van der Waals surface area contributed by atoms with Crippen LogP contribution in [0.1, 0.15) is 33.6 Å². The van der Waals surface area contributed by atoms with Crippen LogP contribution in [-0.2, 0) is 0 Å². The van der Waals surface area contributed by atoms with Crippen LogP contribution in [0, 0.1) is 23.7 Å². The van der Waals surface area contributed by atoms with Gasteiger partial charge in [-0.1, -0.05) is 56.4 Å². The van der Waals surface area contributed by atoms with Crippen LogP contribution >= 0.6 is 0 Å². The molecule has 0 saturated carbocycles. The number of rotatable bonds is 5. The molecule has 0 rings (SSSR count). The predicted molar refractivity (Wildman–Crippen MR) is 69.5 cm³/mol. The van der Waals surface area contributed by atoms with E-state index in [1.165, 1.54) is 6.42 Å². The fraction of sp³-hybridized carbons (Fsp3) is 0.467. The van der Waals surface area contributed by atoms with E-state index in [1.807, 2.05) is 19.1 Å². The molecule has 0 N–H and O–H groups in total. The summed E-state index contributed by atoms with van der Waals surface area (Å²) >= 11 is 0. The Bertz CT molecular complexity index is 270. The zero-order valence-corrected chi connectivity index (χ0v) is 10.2. The molecule has 0 amide bonds. The smallest absolute Gasteiger partial charge is 0.0446 e. The van der Waals surface area contributed by atoms with Crippen molar-refractivity contribution in [2.45, 2.75) is 33.6 Å². The van der Waals surface area contributed by atoms with Crippen molar-refractivity contribution in [3.63, 3.8) is 0 Å². The molecular weight excluding hydrogens is 180 g/mol. The highest BCUT2D eigenvalue weighted by atomic mass is 14.1. The Balaban J connectivity index is 4.32. The molecule has 0 radical (unpaired) electrons. The molecule has 0 aromatic rings. The second kappa shape index (κ2) is 9.34. The van der Waals surface area contributed by atoms with Crippen LogP contribution in [-0.4, -0.2) is 0 Å². The molecule has 2 unspecified atom stereocenters. The molecule has 0 aliphatic carbocycles. The van der Waals surface area contributed by atoms with Crippen LogP contribution in [0.15, 0.2) is 37.0 Å². The summed E-state index contributed by atoms with van der Waals surface area (Å²) in [6.07, 6.45) is 12.5. The fourth-order valence-electron chi connectivity index (χ4n) is 1.16. The topological polar surface area (TPSA) is 0 Å². The van der Waals surface area contributed by atoms with Crippen molar-refractivity contribution in [3.05, 3.63) is 37.0 Å². The Morgan fingerprint density at radius 3 is 2.67 bits per heavy atom. The zero-order valence-electron chi connectivity index (χ0n) is 10.2. The molecule has 0 bridgehead atoms. The maximum absolute atomic E-state index is 3.80. The molecule has 82 valence electrons. The number of allylic oxidation sites excluding steroid dienone is 5. The van der Waals surface area contributed by atoms with Crippen LogP contribution in [0.25, 0.3) is 0 Å². The molecule has 0 fully saturated rings. The van der Waals surface area contributed by atoms with Gasteiger partial charge in [0.1, 0.15) is 0 Å². The van der Waals surface area contributed by atoms with Crippen LogP contribution in [0.3, 0.4) is 0 Å². The second-order valence-electron chi connectivity index (χ2n) is 3.63. The molecule has 0 aliphatic rings. The maximum atomic E-state index is 3.80. The third-order valence-electron chi connectivity index (χ3n) is 2.24. The van der Waals surface area contributed by atoms with Crippen molar-refractivity contribution in [3.8, 4) is 11.8 Å². The van der Waals surface area contributed by atoms with Gasteiger partial charge in [-0.15, -0.1) is 6.58 Å². The van der Waals surface area contributed by atoms with Gasteiger partial charge < -0.3 is 0 Å². The van der Waals surface area contributed by atoms with Gasteiger partial charge in [0.15, 0.2) is 0 Å². The van der Waals surface area contributed by atoms with E-state index in [4.69, 9.17) is 0 Å². The van der Waals surface area contributed by atoms with Crippen molar-refractivity contribution < 1.29 is 0 Å². The molecule has 0 aromatic carbocycles. The van der Waals surface area contributed by atoms with Gasteiger partial charge in [-0.2, -0.15) is 0 Å². The number of hydrogen-bond donors (Lipinski definition) is 0. The first kappa shape index (κ1) is 13.8. The predicted octanol–water partition coefficient (Wildman–Crippen LogP) is 4.36. The molecule has 0 saturated heterocycles. The molecule has 2 atom stereocenters. The minimum Gasteiger partial charge on any atom is -0.103 e. The first-order chi connectivity index (χ1) is 7.26. The summed E-state index contributed by atoms with van der Waals surface area (Å²) in [7, 11) is 0. The molecule has 0 heterocycles. The second-order valence-corrected chi connectivity index (χ2v) is 3.63. The van der Waals surface area contributed by atoms with E-state index in [9.17, 15) is 0 Å². The van der Waals surface area contributed by atoms with Crippen molar-refractivity contribution in [1.82, 2.24) is 0 Å². The summed E-state index contributed by atoms with van der Waals surface area (Å²) in [5, 5.41) is 0. The third kappa shape index (κ3) is 6.80. The van der Waals surface area contributed by atoms with E-state index in [0.717, 1.165) is 6.42 Å². The molecule has 0 nitrogen and oxygen atoms in total. The van der Waals surface area contributed by atoms with Crippen LogP contribution in [0.2, 0.25) is 0 Å². The first-order valence-corrected chi connectivity index (χ1v) is 5.67. The lowest BCUT2D eigenvalue weighted by molar-refractivity contribution is 0.631. The summed E-state index contributed by atoms with van der Waals surface area (Å²) in [5.41, 5.74) is 0. The van der Waals surface area contributed by atoms with E-state index < -0.39 is 0 Å². The van der Waals surface area contributed by atoms with Gasteiger partial charge >= 0.3 is 0 Å². The standard InChI is InChI=1S/C15H22/c1-5-8-9-10-11-13-15(12-6-2)14(4)7-3/h6-7,9-10,12,14-15H,3,5,8H2,1-2,4H3. The van der Waals surface area contributed by atoms with Crippen molar-refractivity contribution in [1.29, 1.82) is 0 Å².